The predicted octanol–water partition coefficient (Wildman–Crippen LogP) is 3.63. The van der Waals surface area contributed by atoms with Gasteiger partial charge in [0.2, 0.25) is 5.91 Å². The lowest BCUT2D eigenvalue weighted by Gasteiger charge is -2.17. The molecule has 0 spiro atoms. The number of benzene rings is 2. The number of carbonyl (C=O) groups excluding carboxylic acids is 1. The highest BCUT2D eigenvalue weighted by atomic mass is 16.6. The van der Waals surface area contributed by atoms with Crippen LogP contribution < -0.4 is 5.32 Å². The third-order valence-corrected chi connectivity index (χ3v) is 3.81. The first-order chi connectivity index (χ1) is 10.9. The lowest BCUT2D eigenvalue weighted by Crippen LogP contribution is -2.28. The highest BCUT2D eigenvalue weighted by Crippen LogP contribution is 2.20. The van der Waals surface area contributed by atoms with Gasteiger partial charge in [0.25, 0.3) is 5.69 Å². The molecule has 0 aromatic heterocycles. The number of hydrogen-bond donors (Lipinski definition) is 1. The Balaban J connectivity index is 2.09. The Morgan fingerprint density at radius 1 is 1.22 bits per heavy atom. The summed E-state index contributed by atoms with van der Waals surface area (Å²) in [6.07, 6.45) is -0.00754. The van der Waals surface area contributed by atoms with Gasteiger partial charge in [-0.05, 0) is 31.9 Å². The number of hydrogen-bond acceptors (Lipinski definition) is 3. The molecule has 0 bridgehead atoms. The second-order valence-electron chi connectivity index (χ2n) is 5.71. The second-order valence-corrected chi connectivity index (χ2v) is 5.71. The van der Waals surface area contributed by atoms with Gasteiger partial charge in [0.05, 0.1) is 17.4 Å². The van der Waals surface area contributed by atoms with E-state index in [1.165, 1.54) is 11.6 Å². The molecule has 5 nitrogen and oxygen atoms in total. The Bertz CT molecular complexity index is 741. The van der Waals surface area contributed by atoms with Crippen LogP contribution in [0.2, 0.25) is 0 Å². The Morgan fingerprint density at radius 2 is 1.91 bits per heavy atom. The number of nitro benzene ring substituents is 1. The summed E-state index contributed by atoms with van der Waals surface area (Å²) in [5.41, 5.74) is 3.73. The van der Waals surface area contributed by atoms with Crippen molar-refractivity contribution >= 4 is 11.6 Å². The van der Waals surface area contributed by atoms with E-state index in [0.717, 1.165) is 11.1 Å². The molecule has 1 N–H and O–H groups in total. The van der Waals surface area contributed by atoms with Crippen LogP contribution in [0.15, 0.2) is 42.5 Å². The van der Waals surface area contributed by atoms with E-state index in [1.54, 1.807) is 18.2 Å². The molecule has 23 heavy (non-hydrogen) atoms. The molecule has 0 aliphatic heterocycles. The van der Waals surface area contributed by atoms with E-state index in [1.807, 2.05) is 32.9 Å². The van der Waals surface area contributed by atoms with E-state index in [4.69, 9.17) is 0 Å². The van der Waals surface area contributed by atoms with E-state index >= 15 is 0 Å². The lowest BCUT2D eigenvalue weighted by atomic mass is 10.00. The zero-order chi connectivity index (χ0) is 17.0. The van der Waals surface area contributed by atoms with Crippen molar-refractivity contribution in [1.29, 1.82) is 0 Å². The van der Waals surface area contributed by atoms with Crippen molar-refractivity contribution in [3.63, 3.8) is 0 Å². The van der Waals surface area contributed by atoms with Gasteiger partial charge >= 0.3 is 0 Å². The summed E-state index contributed by atoms with van der Waals surface area (Å²) in [4.78, 5) is 22.8. The van der Waals surface area contributed by atoms with Crippen molar-refractivity contribution < 1.29 is 9.72 Å². The number of amides is 1. The van der Waals surface area contributed by atoms with Crippen LogP contribution in [-0.4, -0.2) is 10.8 Å². The summed E-state index contributed by atoms with van der Waals surface area (Å²) in [6.45, 7) is 5.94. The molecule has 2 rings (SSSR count). The minimum atomic E-state index is -0.462. The summed E-state index contributed by atoms with van der Waals surface area (Å²) in [5, 5.41) is 13.9. The monoisotopic (exact) mass is 312 g/mol. The first kappa shape index (κ1) is 16.7. The molecule has 0 aliphatic rings. The molecule has 120 valence electrons. The first-order valence-electron chi connectivity index (χ1n) is 7.47. The topological polar surface area (TPSA) is 72.2 Å². The number of rotatable bonds is 5. The third kappa shape index (κ3) is 4.16. The quantitative estimate of drug-likeness (QED) is 0.677. The van der Waals surface area contributed by atoms with Crippen LogP contribution in [-0.2, 0) is 11.2 Å². The molecule has 2 aromatic rings. The van der Waals surface area contributed by atoms with Crippen molar-refractivity contribution in [2.24, 2.45) is 0 Å². The summed E-state index contributed by atoms with van der Waals surface area (Å²) in [7, 11) is 0. The smallest absolute Gasteiger partial charge is 0.273 e. The van der Waals surface area contributed by atoms with Gasteiger partial charge in [-0.25, -0.2) is 0 Å². The van der Waals surface area contributed by atoms with E-state index in [2.05, 4.69) is 11.4 Å². The molecule has 0 aliphatic carbocycles. The molecule has 0 fully saturated rings. The normalized spacial score (nSPS) is 11.8. The molecule has 2 aromatic carbocycles. The largest absolute Gasteiger partial charge is 0.349 e. The summed E-state index contributed by atoms with van der Waals surface area (Å²) >= 11 is 0. The minimum absolute atomic E-state index is 0.00754. The van der Waals surface area contributed by atoms with Crippen LogP contribution in [0.3, 0.4) is 0 Å². The SMILES string of the molecule is Cc1ccc(C(C)NC(=O)Cc2ccccc2[N+](=O)[O-])c(C)c1. The predicted molar refractivity (Wildman–Crippen MR) is 89.3 cm³/mol. The summed E-state index contributed by atoms with van der Waals surface area (Å²) in [6, 6.07) is 12.2. The molecule has 0 saturated carbocycles. The minimum Gasteiger partial charge on any atom is -0.349 e. The fourth-order valence-electron chi connectivity index (χ4n) is 2.69. The van der Waals surface area contributed by atoms with Crippen molar-refractivity contribution in [3.05, 3.63) is 74.8 Å². The van der Waals surface area contributed by atoms with E-state index in [0.29, 0.717) is 5.56 Å². The molecule has 1 amide bonds. The molecular formula is C18H20N2O3. The van der Waals surface area contributed by atoms with Crippen LogP contribution in [0.4, 0.5) is 5.69 Å². The first-order valence-corrected chi connectivity index (χ1v) is 7.47. The van der Waals surface area contributed by atoms with Gasteiger partial charge in [0.15, 0.2) is 0 Å². The van der Waals surface area contributed by atoms with Crippen molar-refractivity contribution in [1.82, 2.24) is 5.32 Å². The maximum absolute atomic E-state index is 12.2. The fraction of sp³-hybridized carbons (Fsp3) is 0.278. The highest BCUT2D eigenvalue weighted by Gasteiger charge is 2.17. The molecule has 0 radical (unpaired) electrons. The van der Waals surface area contributed by atoms with Crippen LogP contribution in [0.25, 0.3) is 0 Å². The van der Waals surface area contributed by atoms with Gasteiger partial charge in [0, 0.05) is 11.6 Å². The number of nitrogens with zero attached hydrogens (tertiary/aromatic N) is 1. The molecule has 1 unspecified atom stereocenters. The van der Waals surface area contributed by atoms with Gasteiger partial charge in [-0.2, -0.15) is 0 Å². The van der Waals surface area contributed by atoms with Gasteiger partial charge in [-0.1, -0.05) is 42.0 Å². The van der Waals surface area contributed by atoms with Crippen molar-refractivity contribution in [2.45, 2.75) is 33.2 Å². The standard InChI is InChI=1S/C18H20N2O3/c1-12-8-9-16(13(2)10-12)14(3)19-18(21)11-15-6-4-5-7-17(15)20(22)23/h4-10,14H,11H2,1-3H3,(H,19,21). The molecule has 5 heteroatoms. The number of aryl methyl sites for hydroxylation is 2. The second kappa shape index (κ2) is 7.05. The van der Waals surface area contributed by atoms with E-state index < -0.39 is 4.92 Å². The van der Waals surface area contributed by atoms with E-state index in [9.17, 15) is 14.9 Å². The number of nitro groups is 1. The highest BCUT2D eigenvalue weighted by molar-refractivity contribution is 5.80. The summed E-state index contributed by atoms with van der Waals surface area (Å²) in [5.74, 6) is -0.230. The summed E-state index contributed by atoms with van der Waals surface area (Å²) < 4.78 is 0. The van der Waals surface area contributed by atoms with Crippen molar-refractivity contribution in [2.75, 3.05) is 0 Å². The molecule has 1 atom stereocenters. The van der Waals surface area contributed by atoms with Gasteiger partial charge in [-0.15, -0.1) is 0 Å². The van der Waals surface area contributed by atoms with Crippen LogP contribution in [0.1, 0.15) is 35.2 Å². The number of para-hydroxylation sites is 1. The zero-order valence-electron chi connectivity index (χ0n) is 13.5. The molecule has 0 heterocycles. The van der Waals surface area contributed by atoms with Gasteiger partial charge in [-0.3, -0.25) is 14.9 Å². The fourth-order valence-corrected chi connectivity index (χ4v) is 2.69. The molecular weight excluding hydrogens is 292 g/mol. The van der Waals surface area contributed by atoms with Crippen molar-refractivity contribution in [3.8, 4) is 0 Å². The zero-order valence-corrected chi connectivity index (χ0v) is 13.5. The Hall–Kier alpha value is -2.69. The van der Waals surface area contributed by atoms with E-state index in [-0.39, 0.29) is 24.1 Å². The number of carbonyl (C=O) groups is 1. The van der Waals surface area contributed by atoms with Crippen LogP contribution in [0, 0.1) is 24.0 Å². The van der Waals surface area contributed by atoms with Gasteiger partial charge in [0.1, 0.15) is 0 Å². The maximum atomic E-state index is 12.2. The average Bonchev–Trinajstić information content (AvgIpc) is 2.47. The molecule has 0 saturated heterocycles. The Labute approximate surface area is 135 Å². The maximum Gasteiger partial charge on any atom is 0.273 e. The van der Waals surface area contributed by atoms with Crippen LogP contribution >= 0.6 is 0 Å². The average molecular weight is 312 g/mol. The lowest BCUT2D eigenvalue weighted by molar-refractivity contribution is -0.385. The van der Waals surface area contributed by atoms with Crippen LogP contribution in [0.5, 0.6) is 0 Å². The Morgan fingerprint density at radius 3 is 2.57 bits per heavy atom. The van der Waals surface area contributed by atoms with Gasteiger partial charge < -0.3 is 5.32 Å². The number of nitrogens with one attached hydrogen (secondary N) is 1. The Kier molecular flexibility index (Phi) is 5.11. The third-order valence-electron chi connectivity index (χ3n) is 3.81.